The van der Waals surface area contributed by atoms with Crippen LogP contribution in [0.5, 0.6) is 0 Å². The number of rotatable bonds is 1. The highest BCUT2D eigenvalue weighted by molar-refractivity contribution is 6.32. The lowest BCUT2D eigenvalue weighted by Gasteiger charge is -1.96. The SMILES string of the molecule is Cc1[c]c(-c2ncccc2Cl)[nH]n1. The van der Waals surface area contributed by atoms with Gasteiger partial charge >= 0.3 is 0 Å². The maximum Gasteiger partial charge on any atom is 0.107 e. The lowest BCUT2D eigenvalue weighted by molar-refractivity contribution is 1.04. The van der Waals surface area contributed by atoms with Crippen molar-refractivity contribution in [2.75, 3.05) is 0 Å². The van der Waals surface area contributed by atoms with Gasteiger partial charge in [-0.25, -0.2) is 0 Å². The predicted octanol–water partition coefficient (Wildman–Crippen LogP) is 2.23. The summed E-state index contributed by atoms with van der Waals surface area (Å²) in [6, 6.07) is 6.59. The van der Waals surface area contributed by atoms with Crippen LogP contribution in [0.4, 0.5) is 0 Å². The molecule has 2 heterocycles. The maximum absolute atomic E-state index is 5.94. The quantitative estimate of drug-likeness (QED) is 0.753. The van der Waals surface area contributed by atoms with Crippen LogP contribution in [0.25, 0.3) is 11.4 Å². The molecule has 0 aliphatic rings. The van der Waals surface area contributed by atoms with Crippen molar-refractivity contribution in [3.05, 3.63) is 35.1 Å². The van der Waals surface area contributed by atoms with Gasteiger partial charge in [0.15, 0.2) is 0 Å². The summed E-state index contributed by atoms with van der Waals surface area (Å²) >= 11 is 5.94. The molecule has 0 unspecified atom stereocenters. The third-order valence-electron chi connectivity index (χ3n) is 1.64. The highest BCUT2D eigenvalue weighted by Gasteiger charge is 2.06. The zero-order valence-corrected chi connectivity index (χ0v) is 7.76. The average Bonchev–Trinajstić information content (AvgIpc) is 2.53. The van der Waals surface area contributed by atoms with Gasteiger partial charge in [0, 0.05) is 12.3 Å². The highest BCUT2D eigenvalue weighted by atomic mass is 35.5. The molecule has 0 aliphatic heterocycles. The number of aryl methyl sites for hydroxylation is 1. The van der Waals surface area contributed by atoms with Gasteiger partial charge in [-0.05, 0) is 19.1 Å². The first-order valence-electron chi connectivity index (χ1n) is 3.82. The molecule has 2 aromatic heterocycles. The third kappa shape index (κ3) is 1.55. The molecule has 0 bridgehead atoms. The summed E-state index contributed by atoms with van der Waals surface area (Å²) < 4.78 is 0. The molecular formula is C9H7ClN3. The van der Waals surface area contributed by atoms with Gasteiger partial charge in [0.05, 0.1) is 16.4 Å². The van der Waals surface area contributed by atoms with E-state index in [-0.39, 0.29) is 0 Å². The number of H-pyrrole nitrogens is 1. The Kier molecular flexibility index (Phi) is 2.02. The minimum atomic E-state index is 0.599. The van der Waals surface area contributed by atoms with Crippen LogP contribution in [0.3, 0.4) is 0 Å². The summed E-state index contributed by atoms with van der Waals surface area (Å²) in [6.07, 6.45) is 1.69. The molecule has 4 heteroatoms. The fourth-order valence-electron chi connectivity index (χ4n) is 1.06. The summed E-state index contributed by atoms with van der Waals surface area (Å²) in [5.74, 6) is 0. The summed E-state index contributed by atoms with van der Waals surface area (Å²) in [6.45, 7) is 1.86. The first-order chi connectivity index (χ1) is 6.27. The number of pyridine rings is 1. The van der Waals surface area contributed by atoms with Crippen molar-refractivity contribution in [1.29, 1.82) is 0 Å². The van der Waals surface area contributed by atoms with Crippen LogP contribution < -0.4 is 0 Å². The van der Waals surface area contributed by atoms with Crippen molar-refractivity contribution in [3.8, 4) is 11.4 Å². The van der Waals surface area contributed by atoms with Gasteiger partial charge < -0.3 is 0 Å². The molecule has 0 fully saturated rings. The topological polar surface area (TPSA) is 41.6 Å². The third-order valence-corrected chi connectivity index (χ3v) is 1.94. The molecular weight excluding hydrogens is 186 g/mol. The second-order valence-corrected chi connectivity index (χ2v) is 3.05. The van der Waals surface area contributed by atoms with Crippen molar-refractivity contribution >= 4 is 11.6 Å². The van der Waals surface area contributed by atoms with Gasteiger partial charge in [-0.3, -0.25) is 10.1 Å². The van der Waals surface area contributed by atoms with E-state index in [1.807, 2.05) is 6.92 Å². The summed E-state index contributed by atoms with van der Waals surface area (Å²) in [5, 5.41) is 7.36. The van der Waals surface area contributed by atoms with Crippen LogP contribution in [0.1, 0.15) is 5.69 Å². The summed E-state index contributed by atoms with van der Waals surface area (Å²) in [4.78, 5) is 4.13. The predicted molar refractivity (Wildman–Crippen MR) is 50.4 cm³/mol. The summed E-state index contributed by atoms with van der Waals surface area (Å²) in [5.41, 5.74) is 2.21. The Balaban J connectivity index is 2.52. The second-order valence-electron chi connectivity index (χ2n) is 2.64. The zero-order chi connectivity index (χ0) is 9.26. The number of nitrogens with one attached hydrogen (secondary N) is 1. The van der Waals surface area contributed by atoms with Crippen LogP contribution in [0.15, 0.2) is 18.3 Å². The van der Waals surface area contributed by atoms with E-state index in [1.54, 1.807) is 18.3 Å². The second kappa shape index (κ2) is 3.18. The van der Waals surface area contributed by atoms with Crippen molar-refractivity contribution in [2.24, 2.45) is 0 Å². The number of aromatic amines is 1. The molecule has 0 atom stereocenters. The average molecular weight is 193 g/mol. The van der Waals surface area contributed by atoms with Gasteiger partial charge in [0.25, 0.3) is 0 Å². The minimum absolute atomic E-state index is 0.599. The van der Waals surface area contributed by atoms with Gasteiger partial charge in [-0.15, -0.1) is 0 Å². The molecule has 0 aromatic carbocycles. The van der Waals surface area contributed by atoms with E-state index in [0.29, 0.717) is 10.7 Å². The van der Waals surface area contributed by atoms with E-state index in [2.05, 4.69) is 21.2 Å². The largest absolute Gasteiger partial charge is 0.275 e. The molecule has 0 saturated heterocycles. The number of aromatic nitrogens is 3. The van der Waals surface area contributed by atoms with Crippen molar-refractivity contribution in [2.45, 2.75) is 6.92 Å². The molecule has 1 radical (unpaired) electrons. The van der Waals surface area contributed by atoms with Gasteiger partial charge in [0.1, 0.15) is 5.69 Å². The molecule has 3 nitrogen and oxygen atoms in total. The molecule has 0 spiro atoms. The van der Waals surface area contributed by atoms with Crippen molar-refractivity contribution in [1.82, 2.24) is 15.2 Å². The normalized spacial score (nSPS) is 10.3. The van der Waals surface area contributed by atoms with Crippen LogP contribution in [-0.2, 0) is 0 Å². The molecule has 65 valence electrons. The van der Waals surface area contributed by atoms with Crippen molar-refractivity contribution < 1.29 is 0 Å². The van der Waals surface area contributed by atoms with E-state index in [0.717, 1.165) is 11.4 Å². The fourth-order valence-corrected chi connectivity index (χ4v) is 1.27. The zero-order valence-electron chi connectivity index (χ0n) is 7.00. The van der Waals surface area contributed by atoms with Crippen LogP contribution >= 0.6 is 11.6 Å². The van der Waals surface area contributed by atoms with E-state index < -0.39 is 0 Å². The van der Waals surface area contributed by atoms with Gasteiger partial charge in [-0.1, -0.05) is 11.6 Å². The molecule has 2 rings (SSSR count). The Hall–Kier alpha value is -1.35. The molecule has 0 saturated carbocycles. The van der Waals surface area contributed by atoms with E-state index >= 15 is 0 Å². The van der Waals surface area contributed by atoms with Crippen LogP contribution in [-0.4, -0.2) is 15.2 Å². The monoisotopic (exact) mass is 192 g/mol. The number of nitrogens with zero attached hydrogens (tertiary/aromatic N) is 2. The van der Waals surface area contributed by atoms with Gasteiger partial charge in [0.2, 0.25) is 0 Å². The first kappa shape index (κ1) is 8.26. The Bertz CT molecular complexity index is 422. The Morgan fingerprint density at radius 3 is 3.00 bits per heavy atom. The number of hydrogen-bond donors (Lipinski definition) is 1. The molecule has 0 amide bonds. The summed E-state index contributed by atoms with van der Waals surface area (Å²) in [7, 11) is 0. The van der Waals surface area contributed by atoms with Crippen LogP contribution in [0.2, 0.25) is 5.02 Å². The fraction of sp³-hybridized carbons (Fsp3) is 0.111. The molecule has 1 N–H and O–H groups in total. The van der Waals surface area contributed by atoms with E-state index in [9.17, 15) is 0 Å². The van der Waals surface area contributed by atoms with E-state index in [4.69, 9.17) is 11.6 Å². The Labute approximate surface area is 80.8 Å². The first-order valence-corrected chi connectivity index (χ1v) is 4.20. The molecule has 13 heavy (non-hydrogen) atoms. The lowest BCUT2D eigenvalue weighted by Crippen LogP contribution is -1.83. The number of halogens is 1. The lowest BCUT2D eigenvalue weighted by atomic mass is 10.2. The maximum atomic E-state index is 5.94. The minimum Gasteiger partial charge on any atom is -0.275 e. The molecule has 0 aliphatic carbocycles. The van der Waals surface area contributed by atoms with Crippen molar-refractivity contribution in [3.63, 3.8) is 0 Å². The Morgan fingerprint density at radius 1 is 1.54 bits per heavy atom. The number of hydrogen-bond acceptors (Lipinski definition) is 2. The van der Waals surface area contributed by atoms with Crippen LogP contribution in [0, 0.1) is 13.0 Å². The smallest absolute Gasteiger partial charge is 0.107 e. The standard InChI is InChI=1S/C9H7ClN3/c1-6-5-8(13-12-6)9-7(10)3-2-4-11-9/h2-4H,1H3,(H,12,13). The van der Waals surface area contributed by atoms with E-state index in [1.165, 1.54) is 0 Å². The molecule has 2 aromatic rings. The van der Waals surface area contributed by atoms with Gasteiger partial charge in [-0.2, -0.15) is 5.10 Å². The highest BCUT2D eigenvalue weighted by Crippen LogP contribution is 2.22. The Morgan fingerprint density at radius 2 is 2.38 bits per heavy atom.